The van der Waals surface area contributed by atoms with Crippen LogP contribution in [0.25, 0.3) is 10.9 Å². The summed E-state index contributed by atoms with van der Waals surface area (Å²) in [5.74, 6) is -0.532. The number of fused-ring (bicyclic) bond motifs is 3. The van der Waals surface area contributed by atoms with Gasteiger partial charge < -0.3 is 9.88 Å². The number of hydrogen-bond acceptors (Lipinski definition) is 2. The monoisotopic (exact) mass is 301 g/mol. The van der Waals surface area contributed by atoms with Gasteiger partial charge in [0.2, 0.25) is 0 Å². The third kappa shape index (κ3) is 1.87. The Bertz CT molecular complexity index is 950. The minimum atomic E-state index is -0.406. The van der Waals surface area contributed by atoms with Gasteiger partial charge in [0.05, 0.1) is 18.0 Å². The molecule has 4 rings (SSSR count). The lowest BCUT2D eigenvalue weighted by Gasteiger charge is -2.29. The Hall–Kier alpha value is -3.06. The van der Waals surface area contributed by atoms with Gasteiger partial charge >= 0.3 is 0 Å². The van der Waals surface area contributed by atoms with Crippen LogP contribution in [-0.2, 0) is 7.05 Å². The molecule has 2 atom stereocenters. The van der Waals surface area contributed by atoms with E-state index < -0.39 is 5.92 Å². The third-order valence-electron chi connectivity index (χ3n) is 4.59. The number of aryl methyl sites for hydroxylation is 1. The number of rotatable bonds is 1. The Labute approximate surface area is 134 Å². The van der Waals surface area contributed by atoms with Gasteiger partial charge in [0.15, 0.2) is 0 Å². The summed E-state index contributed by atoms with van der Waals surface area (Å²) >= 11 is 0. The van der Waals surface area contributed by atoms with Crippen LogP contribution in [-0.4, -0.2) is 10.5 Å². The molecule has 1 aliphatic rings. The second-order valence-corrected chi connectivity index (χ2v) is 5.81. The van der Waals surface area contributed by atoms with E-state index >= 15 is 0 Å². The van der Waals surface area contributed by atoms with E-state index in [1.807, 2.05) is 66.2 Å². The van der Waals surface area contributed by atoms with E-state index in [4.69, 9.17) is 0 Å². The minimum Gasteiger partial charge on any atom is -0.342 e. The van der Waals surface area contributed by atoms with E-state index in [0.717, 1.165) is 22.0 Å². The van der Waals surface area contributed by atoms with E-state index in [1.54, 1.807) is 0 Å². The molecule has 2 aromatic carbocycles. The molecule has 0 fully saturated rings. The van der Waals surface area contributed by atoms with Crippen LogP contribution < -0.4 is 5.32 Å². The molecule has 4 heteroatoms. The molecular weight excluding hydrogens is 286 g/mol. The number of nitrogens with zero attached hydrogens (tertiary/aromatic N) is 2. The zero-order valence-electron chi connectivity index (χ0n) is 12.7. The van der Waals surface area contributed by atoms with Crippen LogP contribution in [0, 0.1) is 11.3 Å². The van der Waals surface area contributed by atoms with E-state index in [-0.39, 0.29) is 11.9 Å². The molecule has 2 heterocycles. The van der Waals surface area contributed by atoms with Crippen LogP contribution >= 0.6 is 0 Å². The Kier molecular flexibility index (Phi) is 2.95. The third-order valence-corrected chi connectivity index (χ3v) is 4.59. The Balaban J connectivity index is 1.99. The summed E-state index contributed by atoms with van der Waals surface area (Å²) in [6.07, 6.45) is 0. The van der Waals surface area contributed by atoms with Crippen molar-refractivity contribution < 1.29 is 4.79 Å². The van der Waals surface area contributed by atoms with Gasteiger partial charge in [-0.2, -0.15) is 5.26 Å². The molecule has 3 aromatic rings. The maximum Gasteiger partial charge on any atom is 0.268 e. The molecule has 1 aromatic heterocycles. The van der Waals surface area contributed by atoms with Crippen molar-refractivity contribution in [3.8, 4) is 6.07 Å². The molecule has 0 bridgehead atoms. The lowest BCUT2D eigenvalue weighted by atomic mass is 9.83. The molecule has 4 nitrogen and oxygen atoms in total. The predicted octanol–water partition coefficient (Wildman–Crippen LogP) is 3.27. The molecule has 23 heavy (non-hydrogen) atoms. The number of amides is 1. The van der Waals surface area contributed by atoms with Gasteiger partial charge in [0, 0.05) is 23.5 Å². The molecule has 2 unspecified atom stereocenters. The summed E-state index contributed by atoms with van der Waals surface area (Å²) in [5, 5.41) is 13.8. The molecule has 0 aliphatic carbocycles. The molecule has 0 saturated heterocycles. The first-order chi connectivity index (χ1) is 11.2. The fourth-order valence-electron chi connectivity index (χ4n) is 3.55. The molecule has 0 radical (unpaired) electrons. The van der Waals surface area contributed by atoms with Crippen molar-refractivity contribution in [2.75, 3.05) is 0 Å². The fourth-order valence-corrected chi connectivity index (χ4v) is 3.55. The fraction of sp³-hybridized carbons (Fsp3) is 0.158. The molecular formula is C19H15N3O. The number of carbonyl (C=O) groups is 1. The topological polar surface area (TPSA) is 57.8 Å². The number of aromatic nitrogens is 1. The van der Waals surface area contributed by atoms with Crippen LogP contribution in [0.1, 0.15) is 33.6 Å². The van der Waals surface area contributed by atoms with E-state index in [1.165, 1.54) is 0 Å². The number of benzene rings is 2. The second-order valence-electron chi connectivity index (χ2n) is 5.81. The Morgan fingerprint density at radius 2 is 1.78 bits per heavy atom. The van der Waals surface area contributed by atoms with Crippen molar-refractivity contribution in [3.63, 3.8) is 0 Å². The first-order valence-electron chi connectivity index (χ1n) is 7.55. The van der Waals surface area contributed by atoms with Crippen LogP contribution in [0.2, 0.25) is 0 Å². The van der Waals surface area contributed by atoms with Gasteiger partial charge in [-0.15, -0.1) is 0 Å². The second kappa shape index (κ2) is 4.99. The maximum atomic E-state index is 12.7. The lowest BCUT2D eigenvalue weighted by molar-refractivity contribution is 0.0912. The van der Waals surface area contributed by atoms with Gasteiger partial charge in [0.1, 0.15) is 5.69 Å². The molecule has 1 N–H and O–H groups in total. The zero-order valence-corrected chi connectivity index (χ0v) is 12.7. The average molecular weight is 301 g/mol. The molecule has 0 spiro atoms. The van der Waals surface area contributed by atoms with Crippen molar-refractivity contribution in [1.29, 1.82) is 5.26 Å². The normalized spacial score (nSPS) is 19.9. The van der Waals surface area contributed by atoms with Crippen LogP contribution in [0.5, 0.6) is 0 Å². The van der Waals surface area contributed by atoms with E-state index in [9.17, 15) is 10.1 Å². The standard InChI is InChI=1S/C19H15N3O/c1-22-15-10-6-5-9-13(15)16-14(11-20)17(21-19(23)18(16)22)12-7-3-2-4-8-12/h2-10,14,17H,1H3,(H,21,23). The van der Waals surface area contributed by atoms with Crippen molar-refractivity contribution in [2.45, 2.75) is 12.0 Å². The minimum absolute atomic E-state index is 0.126. The van der Waals surface area contributed by atoms with Gasteiger partial charge in [-0.3, -0.25) is 4.79 Å². The summed E-state index contributed by atoms with van der Waals surface area (Å²) in [4.78, 5) is 12.7. The van der Waals surface area contributed by atoms with Gasteiger partial charge in [-0.05, 0) is 11.6 Å². The molecule has 1 aliphatic heterocycles. The van der Waals surface area contributed by atoms with Gasteiger partial charge in [0.25, 0.3) is 5.91 Å². The molecule has 1 amide bonds. The van der Waals surface area contributed by atoms with Crippen LogP contribution in [0.3, 0.4) is 0 Å². The smallest absolute Gasteiger partial charge is 0.268 e. The van der Waals surface area contributed by atoms with Crippen molar-refractivity contribution >= 4 is 16.8 Å². The Morgan fingerprint density at radius 1 is 1.09 bits per heavy atom. The number of hydrogen-bond donors (Lipinski definition) is 1. The zero-order chi connectivity index (χ0) is 16.0. The largest absolute Gasteiger partial charge is 0.342 e. The van der Waals surface area contributed by atoms with Crippen molar-refractivity contribution in [2.24, 2.45) is 7.05 Å². The number of nitrogens with one attached hydrogen (secondary N) is 1. The maximum absolute atomic E-state index is 12.7. The van der Waals surface area contributed by atoms with E-state index in [2.05, 4.69) is 11.4 Å². The summed E-state index contributed by atoms with van der Waals surface area (Å²) in [6.45, 7) is 0. The van der Waals surface area contributed by atoms with Crippen molar-refractivity contribution in [3.05, 3.63) is 71.4 Å². The summed E-state index contributed by atoms with van der Waals surface area (Å²) in [5.41, 5.74) is 3.35. The number of nitriles is 1. The quantitative estimate of drug-likeness (QED) is 0.750. The first-order valence-corrected chi connectivity index (χ1v) is 7.55. The first kappa shape index (κ1) is 13.6. The highest BCUT2D eigenvalue weighted by atomic mass is 16.2. The van der Waals surface area contributed by atoms with Crippen molar-refractivity contribution in [1.82, 2.24) is 9.88 Å². The highest BCUT2D eigenvalue weighted by Crippen LogP contribution is 2.41. The molecule has 112 valence electrons. The summed E-state index contributed by atoms with van der Waals surface area (Å²) in [6, 6.07) is 19.6. The summed E-state index contributed by atoms with van der Waals surface area (Å²) in [7, 11) is 1.87. The lowest BCUT2D eigenvalue weighted by Crippen LogP contribution is -2.38. The molecule has 0 saturated carbocycles. The predicted molar refractivity (Wildman–Crippen MR) is 87.9 cm³/mol. The average Bonchev–Trinajstić information content (AvgIpc) is 2.90. The van der Waals surface area contributed by atoms with Crippen LogP contribution in [0.4, 0.5) is 0 Å². The van der Waals surface area contributed by atoms with Gasteiger partial charge in [-0.1, -0.05) is 48.5 Å². The Morgan fingerprint density at radius 3 is 2.52 bits per heavy atom. The van der Waals surface area contributed by atoms with Crippen LogP contribution in [0.15, 0.2) is 54.6 Å². The highest BCUT2D eigenvalue weighted by Gasteiger charge is 2.38. The van der Waals surface area contributed by atoms with Gasteiger partial charge in [-0.25, -0.2) is 0 Å². The highest BCUT2D eigenvalue weighted by molar-refractivity contribution is 6.04. The SMILES string of the molecule is Cn1c2c(c3ccccc31)C(C#N)C(c1ccccc1)NC2=O. The van der Waals surface area contributed by atoms with E-state index in [0.29, 0.717) is 5.69 Å². The summed E-state index contributed by atoms with van der Waals surface area (Å²) < 4.78 is 1.88. The number of para-hydroxylation sites is 1. The number of carbonyl (C=O) groups excluding carboxylic acids is 1.